The Morgan fingerprint density at radius 1 is 0.667 bits per heavy atom. The lowest BCUT2D eigenvalue weighted by atomic mass is 10.4. The average Bonchev–Trinajstić information content (AvgIpc) is 2.29. The summed E-state index contributed by atoms with van der Waals surface area (Å²) in [5.74, 6) is 0. The molecule has 18 heavy (non-hydrogen) atoms. The van der Waals surface area contributed by atoms with E-state index in [1.165, 1.54) is 10.4 Å². The molecule has 1 aromatic rings. The van der Waals surface area contributed by atoms with Crippen LogP contribution in [0.15, 0.2) is 47.8 Å². The van der Waals surface area contributed by atoms with Crippen LogP contribution in [0.4, 0.5) is 0 Å². The normalized spacial score (nSPS) is 13.7. The summed E-state index contributed by atoms with van der Waals surface area (Å²) in [6, 6.07) is 9.39. The summed E-state index contributed by atoms with van der Waals surface area (Å²) in [6.07, 6.45) is 4.39. The molecule has 0 unspecified atom stereocenters. The Labute approximate surface area is 114 Å². The van der Waals surface area contributed by atoms with E-state index < -0.39 is 16.1 Å². The van der Waals surface area contributed by atoms with Crippen molar-refractivity contribution in [2.75, 3.05) is 0 Å². The summed E-state index contributed by atoms with van der Waals surface area (Å²) in [6.45, 7) is 13.8. The van der Waals surface area contributed by atoms with E-state index >= 15 is 0 Å². The van der Waals surface area contributed by atoms with Gasteiger partial charge in [-0.3, -0.25) is 0 Å². The lowest BCUT2D eigenvalue weighted by molar-refractivity contribution is 1.67. The third-order valence-electron chi connectivity index (χ3n) is 3.54. The second kappa shape index (κ2) is 5.85. The molecular weight excluding hydrogens is 248 g/mol. The highest BCUT2D eigenvalue weighted by atomic mass is 28.3. The highest BCUT2D eigenvalue weighted by Gasteiger charge is 2.22. The Balaban J connectivity index is 3.07. The van der Waals surface area contributed by atoms with E-state index in [2.05, 4.69) is 87.9 Å². The Kier molecular flexibility index (Phi) is 4.94. The lowest BCUT2D eigenvalue weighted by Crippen LogP contribution is -2.43. The molecule has 0 saturated carbocycles. The molecule has 0 spiro atoms. The Bertz CT molecular complexity index is 394. The predicted molar refractivity (Wildman–Crippen MR) is 90.3 cm³/mol. The van der Waals surface area contributed by atoms with Gasteiger partial charge in [-0.2, -0.15) is 0 Å². The van der Waals surface area contributed by atoms with Gasteiger partial charge in [0.2, 0.25) is 0 Å². The molecule has 0 aromatic heterocycles. The summed E-state index contributed by atoms with van der Waals surface area (Å²) >= 11 is 0. The number of allylic oxidation sites excluding steroid dienone is 2. The molecular formula is C16H26Si2. The lowest BCUT2D eigenvalue weighted by Gasteiger charge is -2.22. The third-order valence-corrected chi connectivity index (χ3v) is 9.52. The summed E-state index contributed by atoms with van der Waals surface area (Å²) in [5, 5.41) is 3.05. The number of rotatable bonds is 4. The molecule has 2 heteroatoms. The first-order chi connectivity index (χ1) is 8.33. The molecule has 1 aromatic carbocycles. The Morgan fingerprint density at radius 2 is 0.944 bits per heavy atom. The monoisotopic (exact) mass is 274 g/mol. The van der Waals surface area contributed by atoms with Gasteiger partial charge in [0.25, 0.3) is 0 Å². The predicted octanol–water partition coefficient (Wildman–Crippen LogP) is 3.75. The zero-order valence-electron chi connectivity index (χ0n) is 12.6. The van der Waals surface area contributed by atoms with Crippen LogP contribution in [0.25, 0.3) is 0 Å². The van der Waals surface area contributed by atoms with Crippen LogP contribution in [-0.2, 0) is 0 Å². The van der Waals surface area contributed by atoms with E-state index in [1.807, 2.05) is 0 Å². The smallest absolute Gasteiger partial charge is 0.0952 e. The van der Waals surface area contributed by atoms with E-state index in [4.69, 9.17) is 0 Å². The van der Waals surface area contributed by atoms with Crippen LogP contribution in [0, 0.1) is 0 Å². The number of benzene rings is 1. The molecule has 1 rings (SSSR count). The first-order valence-corrected chi connectivity index (χ1v) is 12.9. The van der Waals surface area contributed by atoms with Crippen molar-refractivity contribution < 1.29 is 0 Å². The van der Waals surface area contributed by atoms with E-state index in [9.17, 15) is 0 Å². The molecule has 0 amide bonds. The van der Waals surface area contributed by atoms with Gasteiger partial charge in [0.1, 0.15) is 16.1 Å². The quantitative estimate of drug-likeness (QED) is 0.734. The fraction of sp³-hybridized carbons (Fsp3) is 0.375. The van der Waals surface area contributed by atoms with Crippen LogP contribution < -0.4 is 10.4 Å². The van der Waals surface area contributed by atoms with Crippen molar-refractivity contribution in [3.05, 3.63) is 47.8 Å². The maximum Gasteiger partial charge on any atom is 0.103 e. The topological polar surface area (TPSA) is 0 Å². The molecule has 0 bridgehead atoms. The Hall–Kier alpha value is -0.866. The highest BCUT2D eigenvalue weighted by molar-refractivity contribution is 6.95. The Morgan fingerprint density at radius 3 is 1.17 bits per heavy atom. The zero-order valence-corrected chi connectivity index (χ0v) is 14.6. The molecule has 0 radical (unpaired) electrons. The van der Waals surface area contributed by atoms with Crippen molar-refractivity contribution in [3.8, 4) is 0 Å². The summed E-state index contributed by atoms with van der Waals surface area (Å²) in [7, 11) is -2.73. The van der Waals surface area contributed by atoms with E-state index in [0.717, 1.165) is 0 Å². The maximum atomic E-state index is 2.40. The van der Waals surface area contributed by atoms with Gasteiger partial charge in [0, 0.05) is 0 Å². The molecule has 0 nitrogen and oxygen atoms in total. The van der Waals surface area contributed by atoms with Crippen LogP contribution >= 0.6 is 0 Å². The SMILES string of the molecule is C/C=C/[Si](C)(C)c1ccc([Si](C)(C)/C=C/C)cc1. The molecule has 0 atom stereocenters. The second-order valence-corrected chi connectivity index (χ2v) is 14.7. The molecule has 0 aliphatic carbocycles. The van der Waals surface area contributed by atoms with E-state index in [0.29, 0.717) is 0 Å². The van der Waals surface area contributed by atoms with Crippen molar-refractivity contribution in [2.24, 2.45) is 0 Å². The van der Waals surface area contributed by atoms with Gasteiger partial charge in [-0.25, -0.2) is 0 Å². The molecule has 0 saturated heterocycles. The van der Waals surface area contributed by atoms with Gasteiger partial charge in [0.05, 0.1) is 0 Å². The fourth-order valence-corrected chi connectivity index (χ4v) is 6.46. The first kappa shape index (κ1) is 15.2. The van der Waals surface area contributed by atoms with Gasteiger partial charge < -0.3 is 0 Å². The molecule has 0 fully saturated rings. The van der Waals surface area contributed by atoms with E-state index in [-0.39, 0.29) is 0 Å². The maximum absolute atomic E-state index is 2.40. The largest absolute Gasteiger partial charge is 0.103 e. The standard InChI is InChI=1S/C16H26Si2/c1-7-13-17(3,4)15-9-11-16(12-10-15)18(5,6)14-8-2/h7-14H,1-6H3/b13-7+,14-8+. The minimum Gasteiger partial charge on any atom is -0.0952 e. The van der Waals surface area contributed by atoms with Crippen LogP contribution in [0.5, 0.6) is 0 Å². The van der Waals surface area contributed by atoms with Crippen molar-refractivity contribution in [1.29, 1.82) is 0 Å². The number of hydrogen-bond acceptors (Lipinski definition) is 0. The fourth-order valence-electron chi connectivity index (χ4n) is 2.36. The van der Waals surface area contributed by atoms with Gasteiger partial charge in [-0.15, -0.1) is 0 Å². The van der Waals surface area contributed by atoms with Gasteiger partial charge in [-0.1, -0.05) is 84.4 Å². The van der Waals surface area contributed by atoms with Crippen molar-refractivity contribution in [2.45, 2.75) is 40.0 Å². The van der Waals surface area contributed by atoms with Crippen molar-refractivity contribution in [1.82, 2.24) is 0 Å². The van der Waals surface area contributed by atoms with Crippen molar-refractivity contribution in [3.63, 3.8) is 0 Å². The minimum absolute atomic E-state index is 1.36. The molecule has 0 N–H and O–H groups in total. The average molecular weight is 275 g/mol. The third kappa shape index (κ3) is 3.56. The highest BCUT2D eigenvalue weighted by Crippen LogP contribution is 2.08. The second-order valence-electron chi connectivity index (χ2n) is 6.02. The minimum atomic E-state index is -1.36. The molecule has 0 heterocycles. The van der Waals surface area contributed by atoms with Crippen molar-refractivity contribution >= 4 is 26.5 Å². The first-order valence-electron chi connectivity index (χ1n) is 6.72. The van der Waals surface area contributed by atoms with Crippen LogP contribution in [-0.4, -0.2) is 16.1 Å². The van der Waals surface area contributed by atoms with Crippen LogP contribution in [0.3, 0.4) is 0 Å². The van der Waals surface area contributed by atoms with Crippen LogP contribution in [0.2, 0.25) is 26.2 Å². The summed E-state index contributed by atoms with van der Waals surface area (Å²) in [5.41, 5.74) is 4.80. The van der Waals surface area contributed by atoms with Gasteiger partial charge >= 0.3 is 0 Å². The summed E-state index contributed by atoms with van der Waals surface area (Å²) in [4.78, 5) is 0. The molecule has 0 aliphatic rings. The van der Waals surface area contributed by atoms with Gasteiger partial charge in [-0.05, 0) is 13.8 Å². The summed E-state index contributed by atoms with van der Waals surface area (Å²) < 4.78 is 0. The number of hydrogen-bond donors (Lipinski definition) is 0. The zero-order chi connectivity index (χ0) is 13.8. The van der Waals surface area contributed by atoms with Gasteiger partial charge in [0.15, 0.2) is 0 Å². The van der Waals surface area contributed by atoms with E-state index in [1.54, 1.807) is 0 Å². The molecule has 98 valence electrons. The van der Waals surface area contributed by atoms with Crippen LogP contribution in [0.1, 0.15) is 13.8 Å². The molecule has 0 aliphatic heterocycles.